The topological polar surface area (TPSA) is 35.2 Å². The monoisotopic (exact) mass is 243 g/mol. The summed E-state index contributed by atoms with van der Waals surface area (Å²) >= 11 is 3.40. The molecule has 1 aromatic carbocycles. The van der Waals surface area contributed by atoms with Gasteiger partial charge in [0.05, 0.1) is 13.2 Å². The number of hydrogen-bond acceptors (Lipinski definition) is 2. The Bertz CT molecular complexity index is 235. The fourth-order valence-electron chi connectivity index (χ4n) is 0.998. The summed E-state index contributed by atoms with van der Waals surface area (Å²) in [4.78, 5) is 0. The van der Waals surface area contributed by atoms with E-state index in [4.69, 9.17) is 10.5 Å². The van der Waals surface area contributed by atoms with Gasteiger partial charge < -0.3 is 10.5 Å². The lowest BCUT2D eigenvalue weighted by Gasteiger charge is -2.03. The minimum absolute atomic E-state index is 0.583. The Labute approximate surface area is 87.2 Å². The van der Waals surface area contributed by atoms with Gasteiger partial charge in [-0.05, 0) is 11.1 Å². The molecule has 0 saturated heterocycles. The van der Waals surface area contributed by atoms with Crippen molar-refractivity contribution in [1.29, 1.82) is 0 Å². The molecule has 0 aliphatic carbocycles. The third-order valence-corrected chi connectivity index (χ3v) is 2.36. The van der Waals surface area contributed by atoms with E-state index in [2.05, 4.69) is 40.2 Å². The molecule has 0 aromatic heterocycles. The van der Waals surface area contributed by atoms with Crippen LogP contribution in [0.3, 0.4) is 0 Å². The van der Waals surface area contributed by atoms with Crippen LogP contribution in [0, 0.1) is 0 Å². The van der Waals surface area contributed by atoms with Gasteiger partial charge in [-0.2, -0.15) is 0 Å². The van der Waals surface area contributed by atoms with Crippen LogP contribution in [-0.4, -0.2) is 13.2 Å². The fourth-order valence-corrected chi connectivity index (χ4v) is 1.37. The molecule has 0 saturated carbocycles. The van der Waals surface area contributed by atoms with Crippen LogP contribution in [0.2, 0.25) is 0 Å². The Kier molecular flexibility index (Phi) is 5.05. The zero-order valence-electron chi connectivity index (χ0n) is 7.50. The third-order valence-electron chi connectivity index (χ3n) is 1.71. The van der Waals surface area contributed by atoms with E-state index in [-0.39, 0.29) is 0 Å². The van der Waals surface area contributed by atoms with Crippen LogP contribution in [0.4, 0.5) is 0 Å². The predicted octanol–water partition coefficient (Wildman–Crippen LogP) is 2.06. The molecule has 0 atom stereocenters. The summed E-state index contributed by atoms with van der Waals surface area (Å²) in [5.74, 6) is 0. The van der Waals surface area contributed by atoms with Gasteiger partial charge in [-0.25, -0.2) is 0 Å². The van der Waals surface area contributed by atoms with Crippen molar-refractivity contribution in [3.8, 4) is 0 Å². The second-order valence-electron chi connectivity index (χ2n) is 2.79. The van der Waals surface area contributed by atoms with E-state index in [0.29, 0.717) is 19.8 Å². The molecule has 0 spiro atoms. The number of nitrogens with two attached hydrogens (primary N) is 1. The molecule has 0 aliphatic heterocycles. The van der Waals surface area contributed by atoms with E-state index in [0.717, 1.165) is 5.33 Å². The van der Waals surface area contributed by atoms with E-state index < -0.39 is 0 Å². The van der Waals surface area contributed by atoms with Crippen molar-refractivity contribution in [2.45, 2.75) is 11.9 Å². The van der Waals surface area contributed by atoms with E-state index >= 15 is 0 Å². The van der Waals surface area contributed by atoms with Gasteiger partial charge in [-0.15, -0.1) is 0 Å². The minimum atomic E-state index is 0.583. The summed E-state index contributed by atoms with van der Waals surface area (Å²) in [5, 5.41) is 0.900. The smallest absolute Gasteiger partial charge is 0.0717 e. The number of rotatable bonds is 5. The molecule has 1 aromatic rings. The maximum Gasteiger partial charge on any atom is 0.0717 e. The number of hydrogen-bond donors (Lipinski definition) is 1. The predicted molar refractivity (Wildman–Crippen MR) is 57.8 cm³/mol. The molecule has 0 amide bonds. The standard InChI is InChI=1S/C10H14BrNO/c11-7-9-1-3-10(4-2-9)8-13-6-5-12/h1-4H,5-8,12H2. The van der Waals surface area contributed by atoms with Gasteiger partial charge in [-0.3, -0.25) is 0 Å². The first kappa shape index (κ1) is 10.7. The minimum Gasteiger partial charge on any atom is -0.375 e. The molecular formula is C10H14BrNO. The first-order valence-electron chi connectivity index (χ1n) is 4.28. The Morgan fingerprint density at radius 3 is 2.31 bits per heavy atom. The summed E-state index contributed by atoms with van der Waals surface area (Å²) in [6, 6.07) is 8.34. The van der Waals surface area contributed by atoms with Crippen molar-refractivity contribution in [2.24, 2.45) is 5.73 Å². The van der Waals surface area contributed by atoms with Gasteiger partial charge in [0.2, 0.25) is 0 Å². The van der Waals surface area contributed by atoms with Gasteiger partial charge >= 0.3 is 0 Å². The first-order chi connectivity index (χ1) is 6.36. The molecule has 0 bridgehead atoms. The van der Waals surface area contributed by atoms with Gasteiger partial charge in [0, 0.05) is 11.9 Å². The number of halogens is 1. The molecule has 3 heteroatoms. The second-order valence-corrected chi connectivity index (χ2v) is 3.35. The van der Waals surface area contributed by atoms with E-state index in [1.807, 2.05) is 0 Å². The molecule has 13 heavy (non-hydrogen) atoms. The van der Waals surface area contributed by atoms with Crippen molar-refractivity contribution >= 4 is 15.9 Å². The highest BCUT2D eigenvalue weighted by molar-refractivity contribution is 9.08. The van der Waals surface area contributed by atoms with E-state index in [9.17, 15) is 0 Å². The first-order valence-corrected chi connectivity index (χ1v) is 5.40. The Balaban J connectivity index is 2.40. The molecule has 2 nitrogen and oxygen atoms in total. The van der Waals surface area contributed by atoms with Gasteiger partial charge in [0.1, 0.15) is 0 Å². The summed E-state index contributed by atoms with van der Waals surface area (Å²) in [5.41, 5.74) is 7.78. The summed E-state index contributed by atoms with van der Waals surface area (Å²) in [7, 11) is 0. The molecule has 72 valence electrons. The molecule has 0 radical (unpaired) electrons. The number of benzene rings is 1. The molecule has 2 N–H and O–H groups in total. The van der Waals surface area contributed by atoms with Gasteiger partial charge in [-0.1, -0.05) is 40.2 Å². The van der Waals surface area contributed by atoms with Crippen molar-refractivity contribution in [2.75, 3.05) is 13.2 Å². The lowest BCUT2D eigenvalue weighted by atomic mass is 10.2. The summed E-state index contributed by atoms with van der Waals surface area (Å²) in [6.07, 6.45) is 0. The zero-order chi connectivity index (χ0) is 9.52. The van der Waals surface area contributed by atoms with Crippen LogP contribution in [0.25, 0.3) is 0 Å². The van der Waals surface area contributed by atoms with Crippen molar-refractivity contribution in [3.63, 3.8) is 0 Å². The van der Waals surface area contributed by atoms with Crippen molar-refractivity contribution in [1.82, 2.24) is 0 Å². The summed E-state index contributed by atoms with van der Waals surface area (Å²) in [6.45, 7) is 1.86. The Morgan fingerprint density at radius 2 is 1.77 bits per heavy atom. The van der Waals surface area contributed by atoms with Crippen LogP contribution >= 0.6 is 15.9 Å². The van der Waals surface area contributed by atoms with Crippen LogP contribution < -0.4 is 5.73 Å². The highest BCUT2D eigenvalue weighted by Crippen LogP contribution is 2.08. The third kappa shape index (κ3) is 3.89. The molecule has 0 unspecified atom stereocenters. The SMILES string of the molecule is NCCOCc1ccc(CBr)cc1. The average molecular weight is 244 g/mol. The van der Waals surface area contributed by atoms with E-state index in [1.54, 1.807) is 0 Å². The van der Waals surface area contributed by atoms with Crippen molar-refractivity contribution < 1.29 is 4.74 Å². The largest absolute Gasteiger partial charge is 0.375 e. The summed E-state index contributed by atoms with van der Waals surface area (Å²) < 4.78 is 5.31. The Hall–Kier alpha value is -0.380. The second kappa shape index (κ2) is 6.13. The highest BCUT2D eigenvalue weighted by atomic mass is 79.9. The lowest BCUT2D eigenvalue weighted by molar-refractivity contribution is 0.128. The fraction of sp³-hybridized carbons (Fsp3) is 0.400. The van der Waals surface area contributed by atoms with Crippen LogP contribution in [0.1, 0.15) is 11.1 Å². The van der Waals surface area contributed by atoms with Gasteiger partial charge in [0.15, 0.2) is 0 Å². The average Bonchev–Trinajstić information content (AvgIpc) is 2.19. The van der Waals surface area contributed by atoms with Crippen LogP contribution in [0.15, 0.2) is 24.3 Å². The maximum absolute atomic E-state index is 5.31. The number of ether oxygens (including phenoxy) is 1. The lowest BCUT2D eigenvalue weighted by Crippen LogP contribution is -2.08. The van der Waals surface area contributed by atoms with Crippen molar-refractivity contribution in [3.05, 3.63) is 35.4 Å². The maximum atomic E-state index is 5.31. The normalized spacial score (nSPS) is 10.3. The molecule has 0 fully saturated rings. The zero-order valence-corrected chi connectivity index (χ0v) is 9.09. The van der Waals surface area contributed by atoms with E-state index in [1.165, 1.54) is 11.1 Å². The Morgan fingerprint density at radius 1 is 1.15 bits per heavy atom. The molecule has 1 rings (SSSR count). The van der Waals surface area contributed by atoms with Crippen LogP contribution in [0.5, 0.6) is 0 Å². The molecule has 0 aliphatic rings. The highest BCUT2D eigenvalue weighted by Gasteiger charge is 1.93. The quantitative estimate of drug-likeness (QED) is 0.635. The molecule has 0 heterocycles. The van der Waals surface area contributed by atoms with Gasteiger partial charge in [0.25, 0.3) is 0 Å². The number of alkyl halides is 1. The molecular weight excluding hydrogens is 230 g/mol. The van der Waals surface area contributed by atoms with Crippen LogP contribution in [-0.2, 0) is 16.7 Å².